The fourth-order valence-electron chi connectivity index (χ4n) is 3.83. The van der Waals surface area contributed by atoms with Crippen molar-refractivity contribution in [2.75, 3.05) is 27.3 Å². The number of ether oxygens (including phenoxy) is 2. The summed E-state index contributed by atoms with van der Waals surface area (Å²) in [6, 6.07) is 6.34. The molecule has 32 heavy (non-hydrogen) atoms. The molecule has 1 atom stereocenters. The highest BCUT2D eigenvalue weighted by atomic mass is 16.5. The molecule has 1 aromatic heterocycles. The molecular weight excluding hydrogens is 404 g/mol. The van der Waals surface area contributed by atoms with Gasteiger partial charge in [0.25, 0.3) is 0 Å². The fourth-order valence-corrected chi connectivity index (χ4v) is 3.83. The highest BCUT2D eigenvalue weighted by Crippen LogP contribution is 2.33. The predicted octanol–water partition coefficient (Wildman–Crippen LogP) is 3.27. The number of methoxy groups -OCH3 is 2. The molecule has 0 bridgehead atoms. The summed E-state index contributed by atoms with van der Waals surface area (Å²) >= 11 is 0. The first kappa shape index (κ1) is 23.9. The van der Waals surface area contributed by atoms with Crippen LogP contribution in [0.25, 0.3) is 0 Å². The quantitative estimate of drug-likeness (QED) is 0.482. The van der Waals surface area contributed by atoms with E-state index < -0.39 is 0 Å². The highest BCUT2D eigenvalue weighted by molar-refractivity contribution is 5.80. The van der Waals surface area contributed by atoms with Gasteiger partial charge in [0.1, 0.15) is 5.82 Å². The van der Waals surface area contributed by atoms with Gasteiger partial charge in [-0.25, -0.2) is 9.67 Å². The number of aromatic nitrogens is 3. The van der Waals surface area contributed by atoms with E-state index in [0.717, 1.165) is 60.6 Å². The molecule has 3 rings (SSSR count). The van der Waals surface area contributed by atoms with E-state index >= 15 is 0 Å². The molecule has 0 radical (unpaired) electrons. The third kappa shape index (κ3) is 5.53. The zero-order chi connectivity index (χ0) is 23.3. The Morgan fingerprint density at radius 3 is 2.66 bits per heavy atom. The number of hydrogen-bond donors (Lipinski definition) is 2. The first-order chi connectivity index (χ1) is 15.3. The van der Waals surface area contributed by atoms with Gasteiger partial charge in [-0.3, -0.25) is 4.99 Å². The van der Waals surface area contributed by atoms with Crippen LogP contribution in [0.5, 0.6) is 11.5 Å². The third-order valence-electron chi connectivity index (χ3n) is 5.87. The number of rotatable bonds is 8. The predicted molar refractivity (Wildman–Crippen MR) is 128 cm³/mol. The molecule has 0 fully saturated rings. The van der Waals surface area contributed by atoms with Gasteiger partial charge in [-0.1, -0.05) is 33.8 Å². The van der Waals surface area contributed by atoms with Crippen molar-refractivity contribution in [3.05, 3.63) is 35.4 Å². The van der Waals surface area contributed by atoms with Crippen LogP contribution in [0.3, 0.4) is 0 Å². The lowest BCUT2D eigenvalue weighted by Gasteiger charge is -2.27. The maximum Gasteiger partial charge on any atom is 0.191 e. The van der Waals surface area contributed by atoms with Crippen molar-refractivity contribution in [1.29, 1.82) is 0 Å². The van der Waals surface area contributed by atoms with E-state index in [9.17, 15) is 0 Å². The second-order valence-corrected chi connectivity index (χ2v) is 9.25. The number of aryl methyl sites for hydroxylation is 1. The second-order valence-electron chi connectivity index (χ2n) is 9.25. The number of guanidine groups is 1. The van der Waals surface area contributed by atoms with Crippen molar-refractivity contribution in [1.82, 2.24) is 25.4 Å². The third-order valence-corrected chi connectivity index (χ3v) is 5.87. The molecule has 2 N–H and O–H groups in total. The number of nitrogens with one attached hydrogen (secondary N) is 2. The van der Waals surface area contributed by atoms with Crippen molar-refractivity contribution in [3.8, 4) is 11.5 Å². The molecule has 176 valence electrons. The molecular formula is C24H38N6O2. The van der Waals surface area contributed by atoms with Gasteiger partial charge in [-0.2, -0.15) is 5.10 Å². The van der Waals surface area contributed by atoms with Crippen LogP contribution in [0.1, 0.15) is 64.2 Å². The smallest absolute Gasteiger partial charge is 0.191 e. The summed E-state index contributed by atoms with van der Waals surface area (Å²) in [6.45, 7) is 13.0. The summed E-state index contributed by atoms with van der Waals surface area (Å²) in [5, 5.41) is 11.7. The Morgan fingerprint density at radius 1 is 1.25 bits per heavy atom. The van der Waals surface area contributed by atoms with Crippen molar-refractivity contribution in [2.24, 2.45) is 4.99 Å². The van der Waals surface area contributed by atoms with Gasteiger partial charge >= 0.3 is 0 Å². The topological polar surface area (TPSA) is 85.6 Å². The van der Waals surface area contributed by atoms with Crippen molar-refractivity contribution in [2.45, 2.75) is 71.4 Å². The minimum Gasteiger partial charge on any atom is -0.493 e. The molecule has 2 aromatic rings. The minimum atomic E-state index is -0.167. The largest absolute Gasteiger partial charge is 0.493 e. The lowest BCUT2D eigenvalue weighted by Crippen LogP contribution is -2.47. The number of fused-ring (bicyclic) bond motifs is 1. The normalized spacial score (nSPS) is 16.6. The standard InChI is InChI=1S/C24H38N6O2/c1-8-25-23(27-18-10-12-21-28-22(16(2)3)29-30(21)14-18)26-15-24(4,5)17-9-11-19(31-6)20(13-17)32-7/h9,11,13,16,18H,8,10,12,14-15H2,1-7H3,(H2,25,26,27). The van der Waals surface area contributed by atoms with Crippen LogP contribution in [0.4, 0.5) is 0 Å². The Labute approximate surface area is 191 Å². The molecule has 0 amide bonds. The summed E-state index contributed by atoms with van der Waals surface area (Å²) in [4.78, 5) is 9.61. The van der Waals surface area contributed by atoms with E-state index in [1.54, 1.807) is 14.2 Å². The average molecular weight is 443 g/mol. The van der Waals surface area contributed by atoms with Crippen LogP contribution >= 0.6 is 0 Å². The molecule has 1 unspecified atom stereocenters. The van der Waals surface area contributed by atoms with Crippen molar-refractivity contribution in [3.63, 3.8) is 0 Å². The SMILES string of the molecule is CCNC(=NCC(C)(C)c1ccc(OC)c(OC)c1)NC1CCc2nc(C(C)C)nn2C1. The van der Waals surface area contributed by atoms with Gasteiger partial charge in [-0.15, -0.1) is 0 Å². The van der Waals surface area contributed by atoms with E-state index in [1.807, 2.05) is 16.8 Å². The summed E-state index contributed by atoms with van der Waals surface area (Å²) < 4.78 is 12.9. The molecule has 1 aliphatic heterocycles. The summed E-state index contributed by atoms with van der Waals surface area (Å²) in [5.74, 6) is 4.66. The minimum absolute atomic E-state index is 0.167. The Bertz CT molecular complexity index is 935. The summed E-state index contributed by atoms with van der Waals surface area (Å²) in [6.07, 6.45) is 1.94. The van der Waals surface area contributed by atoms with Crippen LogP contribution in [0, 0.1) is 0 Å². The molecule has 1 aliphatic rings. The number of hydrogen-bond acceptors (Lipinski definition) is 5. The van der Waals surface area contributed by atoms with Gasteiger partial charge in [0.15, 0.2) is 23.3 Å². The van der Waals surface area contributed by atoms with E-state index in [4.69, 9.17) is 19.6 Å². The van der Waals surface area contributed by atoms with Gasteiger partial charge in [0.05, 0.1) is 27.3 Å². The fraction of sp³-hybridized carbons (Fsp3) is 0.625. The average Bonchev–Trinajstić information content (AvgIpc) is 3.21. The van der Waals surface area contributed by atoms with Gasteiger partial charge in [0, 0.05) is 30.3 Å². The van der Waals surface area contributed by atoms with Gasteiger partial charge in [-0.05, 0) is 31.0 Å². The van der Waals surface area contributed by atoms with Gasteiger partial charge in [0.2, 0.25) is 0 Å². The lowest BCUT2D eigenvalue weighted by atomic mass is 9.84. The number of benzene rings is 1. The molecule has 2 heterocycles. The van der Waals surface area contributed by atoms with E-state index in [1.165, 1.54) is 0 Å². The second kappa shape index (κ2) is 10.2. The maximum absolute atomic E-state index is 5.48. The zero-order valence-corrected chi connectivity index (χ0v) is 20.5. The number of aliphatic imine (C=N–C) groups is 1. The Kier molecular flexibility index (Phi) is 7.64. The molecule has 0 aliphatic carbocycles. The maximum atomic E-state index is 5.48. The Morgan fingerprint density at radius 2 is 2.00 bits per heavy atom. The van der Waals surface area contributed by atoms with Crippen LogP contribution in [0.2, 0.25) is 0 Å². The summed E-state index contributed by atoms with van der Waals surface area (Å²) in [7, 11) is 3.31. The molecule has 0 saturated heterocycles. The zero-order valence-electron chi connectivity index (χ0n) is 20.5. The molecule has 0 spiro atoms. The van der Waals surface area contributed by atoms with Crippen molar-refractivity contribution >= 4 is 5.96 Å². The van der Waals surface area contributed by atoms with Crippen molar-refractivity contribution < 1.29 is 9.47 Å². The summed E-state index contributed by atoms with van der Waals surface area (Å²) in [5.41, 5.74) is 0.987. The Balaban J connectivity index is 1.70. The van der Waals surface area contributed by atoms with Crippen LogP contribution < -0.4 is 20.1 Å². The van der Waals surface area contributed by atoms with E-state index in [2.05, 4.69) is 56.3 Å². The number of nitrogens with zero attached hydrogens (tertiary/aromatic N) is 4. The Hall–Kier alpha value is -2.77. The highest BCUT2D eigenvalue weighted by Gasteiger charge is 2.25. The first-order valence-electron chi connectivity index (χ1n) is 11.5. The molecule has 8 nitrogen and oxygen atoms in total. The molecule has 1 aromatic carbocycles. The lowest BCUT2D eigenvalue weighted by molar-refractivity contribution is 0.353. The van der Waals surface area contributed by atoms with Crippen LogP contribution in [0.15, 0.2) is 23.2 Å². The molecule has 0 saturated carbocycles. The van der Waals surface area contributed by atoms with E-state index in [0.29, 0.717) is 12.5 Å². The first-order valence-corrected chi connectivity index (χ1v) is 11.5. The van der Waals surface area contributed by atoms with E-state index in [-0.39, 0.29) is 11.5 Å². The molecule has 8 heteroatoms. The van der Waals surface area contributed by atoms with Crippen LogP contribution in [-0.2, 0) is 18.4 Å². The van der Waals surface area contributed by atoms with Gasteiger partial charge < -0.3 is 20.1 Å². The van der Waals surface area contributed by atoms with Crippen LogP contribution in [-0.4, -0.2) is 54.1 Å². The monoisotopic (exact) mass is 442 g/mol.